The standard InChI is InChI=1S/C23H22Cl2N3O4PS/c1-3-32-23(29)14-28(34(30,31)20-12-17(24)11-18(25)13-20)19-5-6-21-16(10-19)8-9-27(21)22-7-4-15(2)33-26-22/h4-13,26,33H,3,14H2,1-2H3. The largest absolute Gasteiger partial charge is 0.465 e. The molecule has 178 valence electrons. The van der Waals surface area contributed by atoms with Crippen molar-refractivity contribution in [2.45, 2.75) is 18.7 Å². The second-order valence-electron chi connectivity index (χ2n) is 7.50. The number of nitrogens with one attached hydrogen (secondary N) is 1. The summed E-state index contributed by atoms with van der Waals surface area (Å²) in [6.07, 6.45) is 5.97. The number of hydrogen-bond donors (Lipinski definition) is 1. The van der Waals surface area contributed by atoms with E-state index >= 15 is 0 Å². The predicted molar refractivity (Wildman–Crippen MR) is 139 cm³/mol. The Kier molecular flexibility index (Phi) is 7.24. The van der Waals surface area contributed by atoms with Crippen molar-refractivity contribution >= 4 is 70.3 Å². The average molecular weight is 538 g/mol. The van der Waals surface area contributed by atoms with Crippen molar-refractivity contribution in [3.8, 4) is 0 Å². The lowest BCUT2D eigenvalue weighted by Crippen LogP contribution is -2.36. The number of carbonyl (C=O) groups is 1. The fraction of sp³-hybridized carbons (Fsp3) is 0.174. The molecule has 2 heterocycles. The molecule has 1 aliphatic rings. The summed E-state index contributed by atoms with van der Waals surface area (Å²) in [6, 6.07) is 11.1. The Balaban J connectivity index is 1.78. The van der Waals surface area contributed by atoms with Crippen molar-refractivity contribution in [3.63, 3.8) is 0 Å². The van der Waals surface area contributed by atoms with Crippen LogP contribution in [0.15, 0.2) is 71.0 Å². The maximum atomic E-state index is 13.6. The molecule has 34 heavy (non-hydrogen) atoms. The number of allylic oxidation sites excluding steroid dienone is 3. The van der Waals surface area contributed by atoms with Crippen LogP contribution in [0, 0.1) is 0 Å². The lowest BCUT2D eigenvalue weighted by molar-refractivity contribution is -0.141. The van der Waals surface area contributed by atoms with E-state index in [1.807, 2.05) is 29.0 Å². The summed E-state index contributed by atoms with van der Waals surface area (Å²) in [5.74, 6) is 0.257. The molecular formula is C23H22Cl2N3O4PS. The van der Waals surface area contributed by atoms with E-state index in [4.69, 9.17) is 27.9 Å². The topological polar surface area (TPSA) is 80.6 Å². The highest BCUT2D eigenvalue weighted by atomic mass is 35.5. The van der Waals surface area contributed by atoms with Crippen molar-refractivity contribution in [3.05, 3.63) is 76.2 Å². The number of anilines is 1. The predicted octanol–water partition coefficient (Wildman–Crippen LogP) is 5.61. The first-order valence-corrected chi connectivity index (χ1v) is 13.5. The molecule has 0 fully saturated rings. The smallest absolute Gasteiger partial charge is 0.326 e. The molecule has 1 unspecified atom stereocenters. The molecule has 0 saturated heterocycles. The number of rotatable bonds is 7. The number of hydrogen-bond acceptors (Lipinski definition) is 5. The van der Waals surface area contributed by atoms with Gasteiger partial charge in [-0.05, 0) is 67.7 Å². The fourth-order valence-electron chi connectivity index (χ4n) is 3.53. The van der Waals surface area contributed by atoms with Gasteiger partial charge in [-0.2, -0.15) is 0 Å². The van der Waals surface area contributed by atoms with Crippen LogP contribution in [0.25, 0.3) is 16.7 Å². The van der Waals surface area contributed by atoms with Gasteiger partial charge in [0.15, 0.2) is 0 Å². The zero-order chi connectivity index (χ0) is 24.5. The molecule has 2 aromatic carbocycles. The number of benzene rings is 2. The van der Waals surface area contributed by atoms with Crippen LogP contribution in [-0.2, 0) is 19.6 Å². The number of carbonyl (C=O) groups excluding carboxylic acids is 1. The Morgan fingerprint density at radius 2 is 1.85 bits per heavy atom. The number of sulfonamides is 1. The lowest BCUT2D eigenvalue weighted by atomic mass is 10.2. The molecule has 3 aromatic rings. The van der Waals surface area contributed by atoms with E-state index in [-0.39, 0.29) is 21.5 Å². The van der Waals surface area contributed by atoms with Gasteiger partial charge in [0.2, 0.25) is 0 Å². The Hall–Kier alpha value is -2.51. The molecule has 1 atom stereocenters. The van der Waals surface area contributed by atoms with Gasteiger partial charge in [-0.1, -0.05) is 29.3 Å². The van der Waals surface area contributed by atoms with E-state index in [1.54, 1.807) is 19.1 Å². The van der Waals surface area contributed by atoms with Crippen molar-refractivity contribution in [2.75, 3.05) is 17.5 Å². The Morgan fingerprint density at radius 1 is 1.12 bits per heavy atom. The summed E-state index contributed by atoms with van der Waals surface area (Å²) >= 11 is 12.1. The average Bonchev–Trinajstić information content (AvgIpc) is 3.20. The second-order valence-corrected chi connectivity index (χ2v) is 11.5. The van der Waals surface area contributed by atoms with E-state index in [0.29, 0.717) is 14.4 Å². The molecule has 7 nitrogen and oxygen atoms in total. The quantitative estimate of drug-likeness (QED) is 0.313. The first-order valence-electron chi connectivity index (χ1n) is 10.4. The van der Waals surface area contributed by atoms with E-state index in [2.05, 4.69) is 18.1 Å². The first-order chi connectivity index (χ1) is 16.2. The number of halogens is 2. The molecule has 0 amide bonds. The van der Waals surface area contributed by atoms with Crippen LogP contribution in [0.5, 0.6) is 0 Å². The minimum Gasteiger partial charge on any atom is -0.465 e. The molecular weight excluding hydrogens is 516 g/mol. The van der Waals surface area contributed by atoms with Gasteiger partial charge in [0.1, 0.15) is 12.4 Å². The van der Waals surface area contributed by atoms with E-state index < -0.39 is 22.5 Å². The Morgan fingerprint density at radius 3 is 2.50 bits per heavy atom. The summed E-state index contributed by atoms with van der Waals surface area (Å²) < 4.78 is 35.2. The molecule has 4 rings (SSSR count). The van der Waals surface area contributed by atoms with Crippen LogP contribution in [-0.4, -0.2) is 32.1 Å². The second kappa shape index (κ2) is 10.0. The third kappa shape index (κ3) is 5.10. The third-order valence-corrected chi connectivity index (χ3v) is 8.23. The molecule has 0 bridgehead atoms. The van der Waals surface area contributed by atoms with Gasteiger partial charge in [0, 0.05) is 30.4 Å². The van der Waals surface area contributed by atoms with Gasteiger partial charge < -0.3 is 14.4 Å². The molecule has 11 heteroatoms. The van der Waals surface area contributed by atoms with E-state index in [0.717, 1.165) is 21.0 Å². The number of ether oxygens (including phenoxy) is 1. The minimum atomic E-state index is -4.17. The SMILES string of the molecule is CCOC(=O)CN(c1ccc2c(ccn2C2=CC=C(C)PN2)c1)S(=O)(=O)c1cc(Cl)cc(Cl)c1. The fourth-order valence-corrected chi connectivity index (χ4v) is 6.35. The highest BCUT2D eigenvalue weighted by molar-refractivity contribution is 7.92. The maximum Gasteiger partial charge on any atom is 0.326 e. The summed E-state index contributed by atoms with van der Waals surface area (Å²) in [6.45, 7) is 3.36. The van der Waals surface area contributed by atoms with Crippen molar-refractivity contribution in [2.24, 2.45) is 0 Å². The summed E-state index contributed by atoms with van der Waals surface area (Å²) in [7, 11) is -3.68. The van der Waals surface area contributed by atoms with Crippen LogP contribution in [0.1, 0.15) is 13.8 Å². The highest BCUT2D eigenvalue weighted by Gasteiger charge is 2.29. The molecule has 0 spiro atoms. The highest BCUT2D eigenvalue weighted by Crippen LogP contribution is 2.32. The minimum absolute atomic E-state index is 0.119. The van der Waals surface area contributed by atoms with Crippen molar-refractivity contribution < 1.29 is 17.9 Å². The van der Waals surface area contributed by atoms with Crippen molar-refractivity contribution in [1.82, 2.24) is 9.65 Å². The zero-order valence-electron chi connectivity index (χ0n) is 18.4. The van der Waals surface area contributed by atoms with Crippen LogP contribution in [0.3, 0.4) is 0 Å². The number of nitrogens with zero attached hydrogens (tertiary/aromatic N) is 2. The number of aromatic nitrogens is 1. The summed E-state index contributed by atoms with van der Waals surface area (Å²) in [4.78, 5) is 12.2. The Labute approximate surface area is 209 Å². The van der Waals surface area contributed by atoms with Crippen LogP contribution < -0.4 is 9.39 Å². The molecule has 0 aliphatic carbocycles. The molecule has 1 aromatic heterocycles. The number of esters is 1. The van der Waals surface area contributed by atoms with Crippen LogP contribution >= 0.6 is 31.9 Å². The van der Waals surface area contributed by atoms with Crippen LogP contribution in [0.2, 0.25) is 10.0 Å². The van der Waals surface area contributed by atoms with Gasteiger partial charge in [-0.15, -0.1) is 0 Å². The third-order valence-electron chi connectivity index (χ3n) is 5.10. The Bertz CT molecular complexity index is 1410. The first kappa shape index (κ1) is 24.6. The molecule has 0 saturated carbocycles. The summed E-state index contributed by atoms with van der Waals surface area (Å²) in [5, 5.41) is 5.80. The summed E-state index contributed by atoms with van der Waals surface area (Å²) in [5.41, 5.74) is 1.21. The van der Waals surface area contributed by atoms with E-state index in [1.165, 1.54) is 23.5 Å². The monoisotopic (exact) mass is 537 g/mol. The molecule has 1 aliphatic heterocycles. The normalized spacial score (nSPS) is 14.5. The lowest BCUT2D eigenvalue weighted by Gasteiger charge is -2.24. The molecule has 0 radical (unpaired) electrons. The van der Waals surface area contributed by atoms with Crippen LogP contribution in [0.4, 0.5) is 5.69 Å². The van der Waals surface area contributed by atoms with Gasteiger partial charge in [-0.25, -0.2) is 8.42 Å². The number of fused-ring (bicyclic) bond motifs is 1. The van der Waals surface area contributed by atoms with E-state index in [9.17, 15) is 13.2 Å². The van der Waals surface area contributed by atoms with Gasteiger partial charge in [0.25, 0.3) is 10.0 Å². The van der Waals surface area contributed by atoms with Crippen molar-refractivity contribution in [1.29, 1.82) is 0 Å². The molecule has 1 N–H and O–H groups in total. The van der Waals surface area contributed by atoms with Gasteiger partial charge in [-0.3, -0.25) is 9.10 Å². The van der Waals surface area contributed by atoms with Gasteiger partial charge in [0.05, 0.1) is 22.7 Å². The van der Waals surface area contributed by atoms with Gasteiger partial charge >= 0.3 is 5.97 Å². The maximum absolute atomic E-state index is 13.6. The zero-order valence-corrected chi connectivity index (χ0v) is 21.7.